The van der Waals surface area contributed by atoms with Gasteiger partial charge in [0.2, 0.25) is 11.8 Å². The molecule has 2 aromatic rings. The maximum absolute atomic E-state index is 12.4. The number of piperazine rings is 1. The topological polar surface area (TPSA) is 117 Å². The van der Waals surface area contributed by atoms with E-state index in [1.165, 1.54) is 24.3 Å². The second kappa shape index (κ2) is 11.1. The monoisotopic (exact) mass is 495 g/mol. The van der Waals surface area contributed by atoms with Gasteiger partial charge in [-0.1, -0.05) is 6.07 Å². The Balaban J connectivity index is 1.41. The van der Waals surface area contributed by atoms with Crippen LogP contribution in [0.5, 0.6) is 5.75 Å². The number of carbonyl (C=O) groups is 2. The summed E-state index contributed by atoms with van der Waals surface area (Å²) < 4.78 is 40.5. The Bertz CT molecular complexity index is 1070. The summed E-state index contributed by atoms with van der Waals surface area (Å²) in [5, 5.41) is 16.4. The van der Waals surface area contributed by atoms with E-state index in [1.54, 1.807) is 13.0 Å². The van der Waals surface area contributed by atoms with Crippen LogP contribution in [0, 0.1) is 17.0 Å². The molecule has 0 bridgehead atoms. The highest BCUT2D eigenvalue weighted by molar-refractivity contribution is 5.93. The average Bonchev–Trinajstić information content (AvgIpc) is 2.76. The zero-order valence-corrected chi connectivity index (χ0v) is 18.8. The van der Waals surface area contributed by atoms with Gasteiger partial charge in [-0.2, -0.15) is 0 Å². The zero-order chi connectivity index (χ0) is 25.6. The molecule has 0 atom stereocenters. The molecule has 3 rings (SSSR count). The molecule has 188 valence electrons. The molecule has 35 heavy (non-hydrogen) atoms. The lowest BCUT2D eigenvalue weighted by Crippen LogP contribution is -2.50. The number of hydrogen-bond acceptors (Lipinski definition) is 7. The van der Waals surface area contributed by atoms with Crippen LogP contribution in [0.4, 0.5) is 30.2 Å². The van der Waals surface area contributed by atoms with Crippen molar-refractivity contribution in [3.8, 4) is 5.75 Å². The molecule has 1 saturated heterocycles. The van der Waals surface area contributed by atoms with Crippen molar-refractivity contribution < 1.29 is 32.4 Å². The Morgan fingerprint density at radius 1 is 0.971 bits per heavy atom. The van der Waals surface area contributed by atoms with Gasteiger partial charge in [-0.3, -0.25) is 29.5 Å². The number of hydrogen-bond donors (Lipinski definition) is 2. The van der Waals surface area contributed by atoms with E-state index in [9.17, 15) is 32.9 Å². The minimum atomic E-state index is -4.78. The molecule has 1 aliphatic rings. The highest BCUT2D eigenvalue weighted by atomic mass is 19.4. The van der Waals surface area contributed by atoms with Crippen LogP contribution in [0.2, 0.25) is 0 Å². The first-order valence-corrected chi connectivity index (χ1v) is 10.6. The van der Waals surface area contributed by atoms with Crippen molar-refractivity contribution in [1.82, 2.24) is 9.80 Å². The van der Waals surface area contributed by atoms with Crippen molar-refractivity contribution >= 4 is 28.9 Å². The molecule has 0 saturated carbocycles. The van der Waals surface area contributed by atoms with E-state index >= 15 is 0 Å². The molecule has 0 unspecified atom stereocenters. The number of benzene rings is 2. The van der Waals surface area contributed by atoms with Gasteiger partial charge in [-0.15, -0.1) is 13.2 Å². The molecule has 13 heteroatoms. The highest BCUT2D eigenvalue weighted by Gasteiger charge is 2.31. The second-order valence-corrected chi connectivity index (χ2v) is 7.93. The molecular weight excluding hydrogens is 471 g/mol. The Morgan fingerprint density at radius 2 is 1.51 bits per heavy atom. The first-order valence-electron chi connectivity index (χ1n) is 10.6. The van der Waals surface area contributed by atoms with Crippen molar-refractivity contribution in [3.63, 3.8) is 0 Å². The molecule has 0 spiro atoms. The summed E-state index contributed by atoms with van der Waals surface area (Å²) in [7, 11) is 0. The molecule has 10 nitrogen and oxygen atoms in total. The molecular formula is C22H24F3N5O5. The van der Waals surface area contributed by atoms with Crippen molar-refractivity contribution in [1.29, 1.82) is 0 Å². The third-order valence-electron chi connectivity index (χ3n) is 5.35. The van der Waals surface area contributed by atoms with Crippen molar-refractivity contribution in [2.45, 2.75) is 13.3 Å². The molecule has 0 aliphatic carbocycles. The zero-order valence-electron chi connectivity index (χ0n) is 18.8. The molecule has 0 radical (unpaired) electrons. The molecule has 1 heterocycles. The Labute approximate surface area is 198 Å². The number of amides is 2. The normalized spacial score (nSPS) is 14.9. The van der Waals surface area contributed by atoms with Crippen molar-refractivity contribution in [2.24, 2.45) is 0 Å². The lowest BCUT2D eigenvalue weighted by Gasteiger charge is -2.33. The highest BCUT2D eigenvalue weighted by Crippen LogP contribution is 2.25. The number of anilines is 2. The summed E-state index contributed by atoms with van der Waals surface area (Å²) in [6.45, 7) is 3.92. The average molecular weight is 495 g/mol. The smallest absolute Gasteiger partial charge is 0.406 e. The number of carbonyl (C=O) groups excluding carboxylic acids is 2. The Morgan fingerprint density at radius 3 is 2.03 bits per heavy atom. The van der Waals surface area contributed by atoms with E-state index in [-0.39, 0.29) is 36.3 Å². The van der Waals surface area contributed by atoms with Gasteiger partial charge < -0.3 is 15.4 Å². The summed E-state index contributed by atoms with van der Waals surface area (Å²) in [5.74, 6) is -0.990. The first kappa shape index (κ1) is 25.9. The third kappa shape index (κ3) is 7.93. The summed E-state index contributed by atoms with van der Waals surface area (Å²) in [5.41, 5.74) is 1.04. The predicted molar refractivity (Wildman–Crippen MR) is 121 cm³/mol. The summed E-state index contributed by atoms with van der Waals surface area (Å²) in [6, 6.07) is 9.35. The fraction of sp³-hybridized carbons (Fsp3) is 0.364. The van der Waals surface area contributed by atoms with Crippen LogP contribution in [-0.4, -0.2) is 72.2 Å². The number of nitrogens with zero attached hydrogens (tertiary/aromatic N) is 3. The van der Waals surface area contributed by atoms with Crippen LogP contribution in [0.3, 0.4) is 0 Å². The van der Waals surface area contributed by atoms with Gasteiger partial charge in [0, 0.05) is 37.9 Å². The van der Waals surface area contributed by atoms with E-state index in [0.717, 1.165) is 12.1 Å². The van der Waals surface area contributed by atoms with Gasteiger partial charge in [0.15, 0.2) is 0 Å². The maximum atomic E-state index is 12.4. The number of nitrogens with one attached hydrogen (secondary N) is 2. The number of rotatable bonds is 8. The Hall–Kier alpha value is -3.71. The molecule has 2 amide bonds. The van der Waals surface area contributed by atoms with Crippen LogP contribution >= 0.6 is 0 Å². The molecule has 1 aliphatic heterocycles. The maximum Gasteiger partial charge on any atom is 0.573 e. The van der Waals surface area contributed by atoms with Gasteiger partial charge >= 0.3 is 6.36 Å². The van der Waals surface area contributed by atoms with Crippen LogP contribution in [-0.2, 0) is 9.59 Å². The van der Waals surface area contributed by atoms with Crippen molar-refractivity contribution in [3.05, 3.63) is 58.1 Å². The minimum Gasteiger partial charge on any atom is -0.406 e. The van der Waals surface area contributed by atoms with Crippen LogP contribution < -0.4 is 15.4 Å². The van der Waals surface area contributed by atoms with E-state index < -0.39 is 11.3 Å². The van der Waals surface area contributed by atoms with E-state index in [0.29, 0.717) is 43.1 Å². The third-order valence-corrected chi connectivity index (χ3v) is 5.35. The molecule has 1 fully saturated rings. The largest absolute Gasteiger partial charge is 0.573 e. The summed E-state index contributed by atoms with van der Waals surface area (Å²) >= 11 is 0. The van der Waals surface area contributed by atoms with Gasteiger partial charge in [-0.05, 0) is 37.3 Å². The lowest BCUT2D eigenvalue weighted by atomic mass is 10.1. The standard InChI is InChI=1S/C22H24F3N5O5/c1-15-18(3-2-4-19(15)30(33)34)27-21(32)14-29-11-9-28(10-12-29)13-20(31)26-16-5-7-17(8-6-16)35-22(23,24)25/h2-8H,9-14H2,1H3,(H,26,31)(H,27,32). The predicted octanol–water partition coefficient (Wildman–Crippen LogP) is 3.00. The van der Waals surface area contributed by atoms with Crippen LogP contribution in [0.15, 0.2) is 42.5 Å². The van der Waals surface area contributed by atoms with Gasteiger partial charge in [0.1, 0.15) is 5.75 Å². The fourth-order valence-corrected chi connectivity index (χ4v) is 3.60. The Kier molecular flexibility index (Phi) is 8.25. The van der Waals surface area contributed by atoms with Gasteiger partial charge in [-0.25, -0.2) is 0 Å². The van der Waals surface area contributed by atoms with Gasteiger partial charge in [0.25, 0.3) is 5.69 Å². The number of nitro benzene ring substituents is 1. The number of alkyl halides is 3. The van der Waals surface area contributed by atoms with Crippen LogP contribution in [0.25, 0.3) is 0 Å². The second-order valence-electron chi connectivity index (χ2n) is 7.93. The fourth-order valence-electron chi connectivity index (χ4n) is 3.60. The first-order chi connectivity index (χ1) is 16.5. The number of nitro groups is 1. The SMILES string of the molecule is Cc1c(NC(=O)CN2CCN(CC(=O)Nc3ccc(OC(F)(F)F)cc3)CC2)cccc1[N+](=O)[O-]. The summed E-state index contributed by atoms with van der Waals surface area (Å²) in [6.07, 6.45) is -4.78. The van der Waals surface area contributed by atoms with Crippen molar-refractivity contribution in [2.75, 3.05) is 49.9 Å². The summed E-state index contributed by atoms with van der Waals surface area (Å²) in [4.78, 5) is 39.0. The quantitative estimate of drug-likeness (QED) is 0.427. The molecule has 2 aromatic carbocycles. The molecule has 0 aromatic heterocycles. The van der Waals surface area contributed by atoms with Gasteiger partial charge in [0.05, 0.1) is 29.3 Å². The van der Waals surface area contributed by atoms with Crippen LogP contribution in [0.1, 0.15) is 5.56 Å². The van der Waals surface area contributed by atoms with E-state index in [4.69, 9.17) is 0 Å². The van der Waals surface area contributed by atoms with E-state index in [2.05, 4.69) is 15.4 Å². The lowest BCUT2D eigenvalue weighted by molar-refractivity contribution is -0.385. The number of halogens is 3. The molecule has 2 N–H and O–H groups in total. The van der Waals surface area contributed by atoms with E-state index in [1.807, 2.05) is 9.80 Å². The minimum absolute atomic E-state index is 0.0692. The number of ether oxygens (including phenoxy) is 1.